The lowest BCUT2D eigenvalue weighted by atomic mass is 9.97. The molecule has 16 rings (SSSR count). The first-order valence-electron chi connectivity index (χ1n) is 38.8. The average Bonchev–Trinajstić information content (AvgIpc) is 1.57. The first-order chi connectivity index (χ1) is 61.0. The SMILES string of the molecule is N#Cc1c(Cl)cccc1Oc1cc(Cl)ccc1[C@H]1CC(=O)N(c2cccc(C(N)=O)c2)C1.N#Cc1cc(Cl)ccc1Oc1cc(Cl)ccc1[C@H]1CC(=O)N(c2cccc(C(N)=O)c2)C1.N#Cc1cc(F)ccc1Oc1cc(Cl)ccc1[C@H]1CC(=O)N(c2cccc(C(N)=O)c2)C1.N#Cc1ccccc1Oc1cc(Cl)ccc1[C@H]1CC(=O)N(c2cccc(C(N)=O)c2)C1. The van der Waals surface area contributed by atoms with Gasteiger partial charge in [-0.15, -0.1) is 0 Å². The number of hydrogen-bond donors (Lipinski definition) is 4. The molecule has 4 saturated heterocycles. The fourth-order valence-corrected chi connectivity index (χ4v) is 15.9. The molecule has 8 N–H and O–H groups in total. The van der Waals surface area contributed by atoms with Crippen LogP contribution in [0.25, 0.3) is 0 Å². The van der Waals surface area contributed by atoms with Gasteiger partial charge in [-0.2, -0.15) is 21.0 Å². The van der Waals surface area contributed by atoms with Gasteiger partial charge in [0.05, 0.1) is 21.7 Å². The molecule has 4 atom stereocenters. The number of carbonyl (C=O) groups is 8. The molecular weight excluding hydrogens is 1740 g/mol. The number of benzene rings is 12. The minimum absolute atomic E-state index is 0.0447. The van der Waals surface area contributed by atoms with E-state index in [4.69, 9.17) is 111 Å². The second-order valence-corrected chi connectivity index (χ2v) is 31.8. The van der Waals surface area contributed by atoms with Crippen molar-refractivity contribution in [3.05, 3.63) is 351 Å². The van der Waals surface area contributed by atoms with Crippen LogP contribution in [0.3, 0.4) is 0 Å². The van der Waals surface area contributed by atoms with Crippen molar-refractivity contribution >= 4 is 140 Å². The first-order valence-corrected chi connectivity index (χ1v) is 41.1. The maximum Gasteiger partial charge on any atom is 0.248 e. The summed E-state index contributed by atoms with van der Waals surface area (Å²) < 4.78 is 37.6. The Hall–Kier alpha value is -14.8. The molecular formula is C96H69Cl6FN12O12. The predicted octanol–water partition coefficient (Wildman–Crippen LogP) is 19.9. The number of ether oxygens (including phenoxy) is 4. The number of nitrogens with two attached hydrogens (primary N) is 4. The van der Waals surface area contributed by atoms with E-state index >= 15 is 0 Å². The molecule has 0 radical (unpaired) electrons. The Morgan fingerprint density at radius 3 is 0.921 bits per heavy atom. The van der Waals surface area contributed by atoms with Crippen molar-refractivity contribution < 1.29 is 61.7 Å². The third-order valence-electron chi connectivity index (χ3n) is 21.0. The molecule has 4 fully saturated rings. The maximum atomic E-state index is 13.5. The van der Waals surface area contributed by atoms with Gasteiger partial charge in [0.1, 0.15) is 81.7 Å². The smallest absolute Gasteiger partial charge is 0.248 e. The van der Waals surface area contributed by atoms with Gasteiger partial charge in [0.15, 0.2) is 0 Å². The van der Waals surface area contributed by atoms with Gasteiger partial charge in [0.25, 0.3) is 0 Å². The third kappa shape index (κ3) is 21.5. The topological polar surface area (TPSA) is 386 Å². The Morgan fingerprint density at radius 1 is 0.307 bits per heavy atom. The Labute approximate surface area is 757 Å². The summed E-state index contributed by atoms with van der Waals surface area (Å²) in [6, 6.07) is 75.8. The van der Waals surface area contributed by atoms with Crippen molar-refractivity contribution in [2.24, 2.45) is 22.9 Å². The monoisotopic (exact) mass is 1810 g/mol. The molecule has 8 amide bonds. The molecule has 31 heteroatoms. The van der Waals surface area contributed by atoms with Crippen LogP contribution in [-0.4, -0.2) is 73.4 Å². The molecule has 634 valence electrons. The summed E-state index contributed by atoms with van der Waals surface area (Å²) in [5.41, 5.74) is 29.3. The standard InChI is InChI=1S/2C24H17Cl2N3O3.C24H17ClFN3O3.C24H18ClN3O3/c25-16-7-8-18(22(11-16)32-21-6-2-5-20(26)19(21)12-27)15-10-23(30)29(13-15)17-4-1-3-14(9-17)24(28)31;25-17-5-7-21(15(8-17)12-27)32-22-11-18(26)4-6-20(22)16-10-23(30)29(13-16)19-3-1-2-14(9-19)24(28)31;25-17-4-6-20(22(11-17)32-21-7-5-18(26)8-15(21)12-27)16-10-23(30)29(13-16)19-3-1-2-14(9-19)24(28)31;25-18-8-9-20(22(12-18)31-21-7-2-1-4-16(21)13-26)17-11-23(29)28(14-17)19-6-3-5-15(10-19)24(27)30/h1-9,11,15H,10,13H2,(H2,28,31);2*1-9,11,16H,10,13H2,(H2,28,31);1-10,12,17H,11,14H2,(H2,27,30)/t15-;2*16-;17-/m0000/s1. The van der Waals surface area contributed by atoms with Crippen LogP contribution in [0.1, 0.15) is 135 Å². The molecule has 24 nitrogen and oxygen atoms in total. The lowest BCUT2D eigenvalue weighted by molar-refractivity contribution is -0.118. The van der Waals surface area contributed by atoms with E-state index < -0.39 is 29.4 Å². The normalized spacial score (nSPS) is 15.5. The maximum absolute atomic E-state index is 13.5. The fraction of sp³-hybridized carbons (Fsp3) is 0.125. The second-order valence-electron chi connectivity index (χ2n) is 29.3. The first kappa shape index (κ1) is 90.0. The molecule has 127 heavy (non-hydrogen) atoms. The van der Waals surface area contributed by atoms with Gasteiger partial charge < -0.3 is 61.5 Å². The van der Waals surface area contributed by atoms with E-state index in [2.05, 4.69) is 12.1 Å². The van der Waals surface area contributed by atoms with Gasteiger partial charge in [0.2, 0.25) is 47.3 Å². The molecule has 0 aromatic heterocycles. The second kappa shape index (κ2) is 40.3. The van der Waals surface area contributed by atoms with E-state index in [1.54, 1.807) is 226 Å². The molecule has 0 saturated carbocycles. The van der Waals surface area contributed by atoms with Gasteiger partial charge in [0, 0.05) is 168 Å². The van der Waals surface area contributed by atoms with Crippen LogP contribution in [0.15, 0.2) is 249 Å². The van der Waals surface area contributed by atoms with Crippen molar-refractivity contribution in [3.8, 4) is 70.3 Å². The number of primary amides is 4. The minimum atomic E-state index is -0.573. The Kier molecular flexibility index (Phi) is 28.5. The summed E-state index contributed by atoms with van der Waals surface area (Å²) in [7, 11) is 0. The number of anilines is 4. The number of rotatable bonds is 20. The molecule has 0 aliphatic carbocycles. The number of amides is 8. The highest BCUT2D eigenvalue weighted by molar-refractivity contribution is 6.33. The molecule has 0 bridgehead atoms. The highest BCUT2D eigenvalue weighted by Crippen LogP contribution is 2.46. The quantitative estimate of drug-likeness (QED) is 0.0551. The fourth-order valence-electron chi connectivity index (χ4n) is 14.9. The molecule has 4 aliphatic heterocycles. The van der Waals surface area contributed by atoms with E-state index in [1.807, 2.05) is 30.3 Å². The molecule has 12 aromatic carbocycles. The number of nitriles is 4. The van der Waals surface area contributed by atoms with Crippen molar-refractivity contribution in [1.29, 1.82) is 21.0 Å². The summed E-state index contributed by atoms with van der Waals surface area (Å²) in [6.07, 6.45) is 0.996. The van der Waals surface area contributed by atoms with Gasteiger partial charge in [-0.1, -0.05) is 136 Å². The molecule has 4 heterocycles. The van der Waals surface area contributed by atoms with Crippen LogP contribution in [0.2, 0.25) is 30.1 Å². The van der Waals surface area contributed by atoms with Crippen LogP contribution >= 0.6 is 69.6 Å². The number of carbonyl (C=O) groups excluding carboxylic acids is 8. The van der Waals surface area contributed by atoms with Crippen molar-refractivity contribution in [2.45, 2.75) is 49.4 Å². The van der Waals surface area contributed by atoms with Crippen LogP contribution < -0.4 is 61.5 Å². The van der Waals surface area contributed by atoms with Crippen LogP contribution in [0, 0.1) is 51.1 Å². The van der Waals surface area contributed by atoms with E-state index in [-0.39, 0.29) is 100 Å². The van der Waals surface area contributed by atoms with Crippen LogP contribution in [-0.2, 0) is 19.2 Å². The highest BCUT2D eigenvalue weighted by atomic mass is 35.5. The van der Waals surface area contributed by atoms with Crippen molar-refractivity contribution in [1.82, 2.24) is 0 Å². The summed E-state index contributed by atoms with van der Waals surface area (Å²) in [6.45, 7) is 1.55. The van der Waals surface area contributed by atoms with Crippen molar-refractivity contribution in [3.63, 3.8) is 0 Å². The number of para-hydroxylation sites is 1. The predicted molar refractivity (Wildman–Crippen MR) is 479 cm³/mol. The van der Waals surface area contributed by atoms with E-state index in [0.717, 1.165) is 28.3 Å². The van der Waals surface area contributed by atoms with Gasteiger partial charge in [-0.3, -0.25) is 38.4 Å². The van der Waals surface area contributed by atoms with E-state index in [9.17, 15) is 63.8 Å². The van der Waals surface area contributed by atoms with E-state index in [1.165, 1.54) is 18.2 Å². The van der Waals surface area contributed by atoms with Gasteiger partial charge in [-0.25, -0.2) is 4.39 Å². The number of halogens is 7. The van der Waals surface area contributed by atoms with E-state index in [0.29, 0.717) is 142 Å². The summed E-state index contributed by atoms with van der Waals surface area (Å²) in [4.78, 5) is 104. The minimum Gasteiger partial charge on any atom is -0.456 e. The highest BCUT2D eigenvalue weighted by Gasteiger charge is 2.39. The molecule has 0 spiro atoms. The zero-order valence-electron chi connectivity index (χ0n) is 66.6. The number of nitrogens with zero attached hydrogens (tertiary/aromatic N) is 8. The Balaban J connectivity index is 0.000000145. The van der Waals surface area contributed by atoms with Crippen molar-refractivity contribution in [2.75, 3.05) is 45.8 Å². The molecule has 12 aromatic rings. The summed E-state index contributed by atoms with van der Waals surface area (Å²) >= 11 is 36.9. The van der Waals surface area contributed by atoms with Gasteiger partial charge >= 0.3 is 0 Å². The summed E-state index contributed by atoms with van der Waals surface area (Å²) in [5, 5.41) is 40.1. The lowest BCUT2D eigenvalue weighted by Crippen LogP contribution is -2.24. The Bertz CT molecular complexity index is 6400. The molecule has 4 aliphatic rings. The van der Waals surface area contributed by atoms with Gasteiger partial charge in [-0.05, 0) is 182 Å². The molecule has 0 unspecified atom stereocenters. The largest absolute Gasteiger partial charge is 0.456 e. The van der Waals surface area contributed by atoms with Crippen LogP contribution in [0.4, 0.5) is 27.1 Å². The van der Waals surface area contributed by atoms with Crippen LogP contribution in [0.5, 0.6) is 46.0 Å². The number of hydrogen-bond acceptors (Lipinski definition) is 16. The average molecular weight is 1810 g/mol. The zero-order chi connectivity index (χ0) is 90.4. The summed E-state index contributed by atoms with van der Waals surface area (Å²) in [5.74, 6) is -0.812. The lowest BCUT2D eigenvalue weighted by Gasteiger charge is -2.19. The Morgan fingerprint density at radius 2 is 0.591 bits per heavy atom. The zero-order valence-corrected chi connectivity index (χ0v) is 71.1. The third-order valence-corrected chi connectivity index (χ3v) is 22.5.